The van der Waals surface area contributed by atoms with E-state index in [4.69, 9.17) is 0 Å². The van der Waals surface area contributed by atoms with Crippen molar-refractivity contribution < 1.29 is 54.2 Å². The zero-order valence-electron chi connectivity index (χ0n) is 14.5. The van der Waals surface area contributed by atoms with Gasteiger partial charge in [-0.1, -0.05) is 66.7 Å². The Balaban J connectivity index is 0.00000261. The second kappa shape index (κ2) is 8.77. The molecule has 3 aromatic carbocycles. The van der Waals surface area contributed by atoms with Crippen molar-refractivity contribution in [1.82, 2.24) is 0 Å². The van der Waals surface area contributed by atoms with Crippen LogP contribution in [0.4, 0.5) is 0 Å². The largest absolute Gasteiger partial charge is 1.00 e. The van der Waals surface area contributed by atoms with Gasteiger partial charge in [-0.25, -0.2) is 4.79 Å². The molecule has 27 heavy (non-hydrogen) atoms. The number of benzene rings is 3. The van der Waals surface area contributed by atoms with E-state index in [0.29, 0.717) is 27.8 Å². The zero-order chi connectivity index (χ0) is 18.7. The first-order valence-corrected chi connectivity index (χ1v) is 7.75. The van der Waals surface area contributed by atoms with Crippen LogP contribution in [-0.4, -0.2) is 23.3 Å². The van der Waals surface area contributed by atoms with Crippen molar-refractivity contribution in [2.45, 2.75) is 0 Å². The monoisotopic (exact) mass is 368 g/mol. The van der Waals surface area contributed by atoms with Crippen molar-refractivity contribution in [3.63, 3.8) is 0 Å². The first kappa shape index (κ1) is 20.6. The van der Waals surface area contributed by atoms with Gasteiger partial charge in [0, 0.05) is 5.56 Å². The molecule has 0 heterocycles. The summed E-state index contributed by atoms with van der Waals surface area (Å²) in [5, 5.41) is 20.6. The van der Waals surface area contributed by atoms with Gasteiger partial charge in [0.1, 0.15) is 6.29 Å². The smallest absolute Gasteiger partial charge is 0.545 e. The number of aldehydes is 1. The molecule has 0 aliphatic rings. The summed E-state index contributed by atoms with van der Waals surface area (Å²) in [6.07, 6.45) is 0.719. The Morgan fingerprint density at radius 2 is 1.30 bits per heavy atom. The van der Waals surface area contributed by atoms with E-state index in [1.807, 2.05) is 0 Å². The van der Waals surface area contributed by atoms with E-state index in [-0.39, 0.29) is 40.7 Å². The van der Waals surface area contributed by atoms with Crippen molar-refractivity contribution in [2.75, 3.05) is 0 Å². The molecule has 0 aliphatic carbocycles. The van der Waals surface area contributed by atoms with Crippen molar-refractivity contribution in [3.05, 3.63) is 83.4 Å². The standard InChI is InChI=1S/C21H14O5.Na/c22-12-13-4-6-14(7-5-13)17-2-1-3-18(19(17)21(25)26)15-8-10-16(11-9-15)20(23)24;/h1-12H,(H,23,24)(H,25,26);/q;+1/p-1. The Hall–Kier alpha value is -2.73. The third kappa shape index (κ3) is 4.34. The van der Waals surface area contributed by atoms with E-state index < -0.39 is 11.9 Å². The van der Waals surface area contributed by atoms with Crippen LogP contribution in [0.2, 0.25) is 0 Å². The molecule has 0 unspecified atom stereocenters. The summed E-state index contributed by atoms with van der Waals surface area (Å²) in [6, 6.07) is 17.6. The Morgan fingerprint density at radius 1 is 0.815 bits per heavy atom. The van der Waals surface area contributed by atoms with E-state index >= 15 is 0 Å². The fourth-order valence-electron chi connectivity index (χ4n) is 2.79. The molecule has 0 fully saturated rings. The molecule has 0 aliphatic heterocycles. The molecule has 3 rings (SSSR count). The van der Waals surface area contributed by atoms with Crippen LogP contribution in [0.5, 0.6) is 0 Å². The first-order chi connectivity index (χ1) is 12.5. The minimum atomic E-state index is -1.29. The van der Waals surface area contributed by atoms with Crippen LogP contribution in [0.1, 0.15) is 31.1 Å². The Labute approximate surface area is 177 Å². The summed E-state index contributed by atoms with van der Waals surface area (Å²) in [5.74, 6) is -2.39. The van der Waals surface area contributed by atoms with Crippen LogP contribution in [-0.2, 0) is 0 Å². The molecule has 0 saturated carbocycles. The Morgan fingerprint density at radius 3 is 1.70 bits per heavy atom. The molecule has 128 valence electrons. The topological polar surface area (TPSA) is 94.5 Å². The van der Waals surface area contributed by atoms with Gasteiger partial charge in [-0.15, -0.1) is 0 Å². The quantitative estimate of drug-likeness (QED) is 0.501. The Bertz CT molecular complexity index is 992. The summed E-state index contributed by atoms with van der Waals surface area (Å²) in [7, 11) is 0. The van der Waals surface area contributed by atoms with Gasteiger partial charge in [0.2, 0.25) is 0 Å². The van der Waals surface area contributed by atoms with E-state index in [1.54, 1.807) is 54.6 Å². The summed E-state index contributed by atoms with van der Waals surface area (Å²) in [6.45, 7) is 0. The first-order valence-electron chi connectivity index (χ1n) is 7.75. The fraction of sp³-hybridized carbons (Fsp3) is 0. The third-order valence-electron chi connectivity index (χ3n) is 4.07. The summed E-state index contributed by atoms with van der Waals surface area (Å²) in [4.78, 5) is 33.6. The molecule has 6 heteroatoms. The second-order valence-corrected chi connectivity index (χ2v) is 5.64. The molecule has 3 aromatic rings. The van der Waals surface area contributed by atoms with Gasteiger partial charge >= 0.3 is 35.5 Å². The van der Waals surface area contributed by atoms with Crippen molar-refractivity contribution in [1.29, 1.82) is 0 Å². The summed E-state index contributed by atoms with van der Waals surface area (Å²) < 4.78 is 0. The number of rotatable bonds is 5. The number of carbonyl (C=O) groups is 3. The Kier molecular flexibility index (Phi) is 6.69. The summed E-state index contributed by atoms with van der Waals surface area (Å²) in [5.41, 5.74) is 2.86. The summed E-state index contributed by atoms with van der Waals surface area (Å²) >= 11 is 0. The number of carboxylic acids is 2. The molecule has 0 bridgehead atoms. The average Bonchev–Trinajstić information content (AvgIpc) is 2.67. The molecule has 0 amide bonds. The van der Waals surface area contributed by atoms with Gasteiger partial charge in [0.15, 0.2) is 0 Å². The number of carboxylic acid groups (broad SMARTS) is 2. The van der Waals surface area contributed by atoms with Crippen molar-refractivity contribution in [3.8, 4) is 22.3 Å². The predicted molar refractivity (Wildman–Crippen MR) is 94.0 cm³/mol. The van der Waals surface area contributed by atoms with Crippen LogP contribution >= 0.6 is 0 Å². The third-order valence-corrected chi connectivity index (χ3v) is 4.07. The van der Waals surface area contributed by atoms with E-state index in [2.05, 4.69) is 0 Å². The van der Waals surface area contributed by atoms with Crippen LogP contribution in [0.3, 0.4) is 0 Å². The SMILES string of the molecule is O=Cc1ccc(-c2cccc(-c3ccc(C(=O)[O-])cc3)c2C(=O)O)cc1.[Na+]. The van der Waals surface area contributed by atoms with E-state index in [1.165, 1.54) is 12.1 Å². The minimum Gasteiger partial charge on any atom is -0.545 e. The van der Waals surface area contributed by atoms with E-state index in [0.717, 1.165) is 6.29 Å². The molecular formula is C21H13NaO5. The molecule has 1 N–H and O–H groups in total. The van der Waals surface area contributed by atoms with Crippen LogP contribution in [0, 0.1) is 0 Å². The normalized spacial score (nSPS) is 9.93. The van der Waals surface area contributed by atoms with Crippen molar-refractivity contribution >= 4 is 18.2 Å². The maximum atomic E-state index is 11.9. The van der Waals surface area contributed by atoms with Crippen molar-refractivity contribution in [2.24, 2.45) is 0 Å². The van der Waals surface area contributed by atoms with E-state index in [9.17, 15) is 24.6 Å². The van der Waals surface area contributed by atoms with Gasteiger partial charge in [0.05, 0.1) is 11.5 Å². The molecule has 0 spiro atoms. The molecule has 0 aromatic heterocycles. The van der Waals surface area contributed by atoms with Gasteiger partial charge in [-0.3, -0.25) is 4.79 Å². The maximum absolute atomic E-state index is 11.9. The number of hydrogen-bond donors (Lipinski definition) is 1. The molecule has 0 saturated heterocycles. The van der Waals surface area contributed by atoms with Crippen LogP contribution in [0.15, 0.2) is 66.7 Å². The zero-order valence-corrected chi connectivity index (χ0v) is 16.5. The van der Waals surface area contributed by atoms with Gasteiger partial charge in [0.25, 0.3) is 0 Å². The predicted octanol–water partition coefficient (Wildman–Crippen LogP) is -0.101. The number of aromatic carboxylic acids is 2. The van der Waals surface area contributed by atoms with Gasteiger partial charge in [-0.2, -0.15) is 0 Å². The maximum Gasteiger partial charge on any atom is 1.00 e. The van der Waals surface area contributed by atoms with Gasteiger partial charge < -0.3 is 15.0 Å². The molecular weight excluding hydrogens is 355 g/mol. The fourth-order valence-corrected chi connectivity index (χ4v) is 2.79. The minimum absolute atomic E-state index is 0. The average molecular weight is 368 g/mol. The molecule has 5 nitrogen and oxygen atoms in total. The molecule has 0 atom stereocenters. The van der Waals surface area contributed by atoms with Gasteiger partial charge in [-0.05, 0) is 27.8 Å². The number of hydrogen-bond acceptors (Lipinski definition) is 4. The molecule has 0 radical (unpaired) electrons. The van der Waals surface area contributed by atoms with Crippen LogP contribution in [0.25, 0.3) is 22.3 Å². The second-order valence-electron chi connectivity index (χ2n) is 5.64. The van der Waals surface area contributed by atoms with Crippen LogP contribution < -0.4 is 34.7 Å². The number of carbonyl (C=O) groups excluding carboxylic acids is 2.